The van der Waals surface area contributed by atoms with Crippen LogP contribution in [-0.2, 0) is 14.3 Å². The van der Waals surface area contributed by atoms with E-state index in [1.165, 1.54) is 173 Å². The van der Waals surface area contributed by atoms with Crippen LogP contribution in [0.5, 0.6) is 0 Å². The van der Waals surface area contributed by atoms with Crippen LogP contribution >= 0.6 is 0 Å². The number of carbonyl (C=O) groups excluding carboxylic acids is 2. The van der Waals surface area contributed by atoms with Crippen molar-refractivity contribution in [3.63, 3.8) is 0 Å². The van der Waals surface area contributed by atoms with Crippen LogP contribution in [-0.4, -0.2) is 47.4 Å². The van der Waals surface area contributed by atoms with Crippen molar-refractivity contribution < 1.29 is 24.5 Å². The molecule has 0 spiro atoms. The smallest absolute Gasteiger partial charge is 0.305 e. The molecule has 0 aromatic rings. The normalized spacial score (nSPS) is 12.7. The number of rotatable bonds is 45. The Morgan fingerprint density at radius 1 is 0.491 bits per heavy atom. The van der Waals surface area contributed by atoms with E-state index in [4.69, 9.17) is 4.74 Å². The fourth-order valence-electron chi connectivity index (χ4n) is 7.51. The third kappa shape index (κ3) is 42.0. The van der Waals surface area contributed by atoms with Gasteiger partial charge in [-0.1, -0.05) is 212 Å². The van der Waals surface area contributed by atoms with Crippen molar-refractivity contribution in [3.05, 3.63) is 12.2 Å². The molecule has 0 fully saturated rings. The maximum absolute atomic E-state index is 12.4. The molecule has 6 heteroatoms. The van der Waals surface area contributed by atoms with Gasteiger partial charge in [0.25, 0.3) is 0 Å². The molecular formula is C49H95NO5. The molecule has 0 rings (SSSR count). The van der Waals surface area contributed by atoms with Gasteiger partial charge >= 0.3 is 5.97 Å². The molecule has 0 aliphatic carbocycles. The summed E-state index contributed by atoms with van der Waals surface area (Å²) in [6.07, 6.45) is 50.2. The second kappa shape index (κ2) is 45.3. The van der Waals surface area contributed by atoms with Crippen LogP contribution in [0.25, 0.3) is 0 Å². The lowest BCUT2D eigenvalue weighted by molar-refractivity contribution is -0.143. The highest BCUT2D eigenvalue weighted by molar-refractivity contribution is 5.76. The fraction of sp³-hybridized carbons (Fsp3) is 0.918. The predicted molar refractivity (Wildman–Crippen MR) is 237 cm³/mol. The van der Waals surface area contributed by atoms with Gasteiger partial charge in [-0.2, -0.15) is 0 Å². The molecule has 3 N–H and O–H groups in total. The number of nitrogens with one attached hydrogen (secondary N) is 1. The Labute approximate surface area is 342 Å². The first kappa shape index (κ1) is 53.6. The average molecular weight is 778 g/mol. The van der Waals surface area contributed by atoms with E-state index in [1.807, 2.05) is 0 Å². The van der Waals surface area contributed by atoms with Crippen molar-refractivity contribution in [1.29, 1.82) is 0 Å². The number of hydrogen-bond acceptors (Lipinski definition) is 5. The molecule has 0 aromatic carbocycles. The lowest BCUT2D eigenvalue weighted by Gasteiger charge is -2.22. The summed E-state index contributed by atoms with van der Waals surface area (Å²) in [5.74, 6) is -0.0953. The molecule has 326 valence electrons. The zero-order valence-electron chi connectivity index (χ0n) is 36.9. The molecule has 2 atom stereocenters. The van der Waals surface area contributed by atoms with Crippen molar-refractivity contribution >= 4 is 11.9 Å². The minimum Gasteiger partial charge on any atom is -0.466 e. The van der Waals surface area contributed by atoms with Gasteiger partial charge in [0.2, 0.25) is 5.91 Å². The number of aliphatic hydroxyl groups is 2. The number of allylic oxidation sites excluding steroid dienone is 2. The molecule has 0 aliphatic heterocycles. The molecule has 55 heavy (non-hydrogen) atoms. The van der Waals surface area contributed by atoms with Crippen LogP contribution in [0.2, 0.25) is 0 Å². The summed E-state index contributed by atoms with van der Waals surface area (Å²) in [5.41, 5.74) is 0. The first-order valence-corrected chi connectivity index (χ1v) is 24.4. The quantitative estimate of drug-likeness (QED) is 0.0325. The number of esters is 1. The van der Waals surface area contributed by atoms with Gasteiger partial charge in [-0.25, -0.2) is 0 Å². The first-order chi connectivity index (χ1) is 27.0. The Kier molecular flexibility index (Phi) is 44.2. The number of amides is 1. The summed E-state index contributed by atoms with van der Waals surface area (Å²) in [7, 11) is 0. The van der Waals surface area contributed by atoms with E-state index >= 15 is 0 Å². The molecule has 6 nitrogen and oxygen atoms in total. The molecule has 0 aromatic heterocycles. The summed E-state index contributed by atoms with van der Waals surface area (Å²) in [5, 5.41) is 23.2. The molecule has 0 bridgehead atoms. The Bertz CT molecular complexity index is 817. The van der Waals surface area contributed by atoms with E-state index in [2.05, 4.69) is 31.3 Å². The minimum absolute atomic E-state index is 0.0328. The van der Waals surface area contributed by atoms with Crippen molar-refractivity contribution in [2.75, 3.05) is 13.2 Å². The SMILES string of the molecule is CCCCCCCC/C=C\CCCCCCCC(=O)OCCCCCCCCCCCC(=O)NC(CO)C(O)CCCCCCCCCCCCCCCC. The molecule has 0 saturated carbocycles. The highest BCUT2D eigenvalue weighted by Crippen LogP contribution is 2.16. The third-order valence-corrected chi connectivity index (χ3v) is 11.3. The summed E-state index contributed by atoms with van der Waals surface area (Å²) in [6.45, 7) is 4.88. The van der Waals surface area contributed by atoms with Crippen LogP contribution in [0, 0.1) is 0 Å². The molecule has 1 amide bonds. The second-order valence-electron chi connectivity index (χ2n) is 16.8. The summed E-state index contributed by atoms with van der Waals surface area (Å²) in [6, 6.07) is -0.560. The van der Waals surface area contributed by atoms with Crippen LogP contribution in [0.3, 0.4) is 0 Å². The highest BCUT2D eigenvalue weighted by atomic mass is 16.5. The molecular weight excluding hydrogens is 683 g/mol. The maximum atomic E-state index is 12.4. The van der Waals surface area contributed by atoms with Gasteiger partial charge in [0.1, 0.15) is 0 Å². The monoisotopic (exact) mass is 778 g/mol. The third-order valence-electron chi connectivity index (χ3n) is 11.3. The first-order valence-electron chi connectivity index (χ1n) is 24.4. The average Bonchev–Trinajstić information content (AvgIpc) is 3.18. The van der Waals surface area contributed by atoms with E-state index < -0.39 is 12.1 Å². The highest BCUT2D eigenvalue weighted by Gasteiger charge is 2.20. The zero-order valence-corrected chi connectivity index (χ0v) is 36.9. The van der Waals surface area contributed by atoms with Gasteiger partial charge < -0.3 is 20.3 Å². The van der Waals surface area contributed by atoms with Gasteiger partial charge in [-0.05, 0) is 51.4 Å². The van der Waals surface area contributed by atoms with Crippen LogP contribution in [0.15, 0.2) is 12.2 Å². The van der Waals surface area contributed by atoms with Crippen molar-refractivity contribution in [2.24, 2.45) is 0 Å². The van der Waals surface area contributed by atoms with Crippen molar-refractivity contribution in [2.45, 2.75) is 276 Å². The Morgan fingerprint density at radius 3 is 1.29 bits per heavy atom. The van der Waals surface area contributed by atoms with Gasteiger partial charge in [-0.15, -0.1) is 0 Å². The number of carbonyl (C=O) groups is 2. The number of aliphatic hydroxyl groups excluding tert-OH is 2. The molecule has 2 unspecified atom stereocenters. The minimum atomic E-state index is -0.680. The van der Waals surface area contributed by atoms with Gasteiger partial charge in [-0.3, -0.25) is 9.59 Å². The number of unbranched alkanes of at least 4 members (excludes halogenated alkanes) is 32. The summed E-state index contributed by atoms with van der Waals surface area (Å²) >= 11 is 0. The molecule has 0 radical (unpaired) electrons. The van der Waals surface area contributed by atoms with Crippen LogP contribution in [0.4, 0.5) is 0 Å². The van der Waals surface area contributed by atoms with Gasteiger partial charge in [0.15, 0.2) is 0 Å². The Balaban J connectivity index is 3.49. The maximum Gasteiger partial charge on any atom is 0.305 e. The van der Waals surface area contributed by atoms with Gasteiger partial charge in [0, 0.05) is 12.8 Å². The van der Waals surface area contributed by atoms with Crippen molar-refractivity contribution in [3.8, 4) is 0 Å². The zero-order chi connectivity index (χ0) is 40.1. The summed E-state index contributed by atoms with van der Waals surface area (Å²) in [4.78, 5) is 24.4. The van der Waals surface area contributed by atoms with Crippen LogP contribution < -0.4 is 5.32 Å². The van der Waals surface area contributed by atoms with Crippen LogP contribution in [0.1, 0.15) is 264 Å². The summed E-state index contributed by atoms with van der Waals surface area (Å²) < 4.78 is 5.44. The second-order valence-corrected chi connectivity index (χ2v) is 16.8. The van der Waals surface area contributed by atoms with Gasteiger partial charge in [0.05, 0.1) is 25.4 Å². The van der Waals surface area contributed by atoms with Crippen molar-refractivity contribution in [1.82, 2.24) is 5.32 Å². The van der Waals surface area contributed by atoms with E-state index in [9.17, 15) is 19.8 Å². The van der Waals surface area contributed by atoms with E-state index in [0.717, 1.165) is 57.8 Å². The lowest BCUT2D eigenvalue weighted by Crippen LogP contribution is -2.45. The van der Waals surface area contributed by atoms with E-state index in [-0.39, 0.29) is 18.5 Å². The lowest BCUT2D eigenvalue weighted by atomic mass is 10.0. The van der Waals surface area contributed by atoms with E-state index in [1.54, 1.807) is 0 Å². The largest absolute Gasteiger partial charge is 0.466 e. The molecule has 0 aliphatic rings. The Hall–Kier alpha value is -1.40. The molecule has 0 heterocycles. The Morgan fingerprint density at radius 2 is 0.855 bits per heavy atom. The number of hydrogen-bond donors (Lipinski definition) is 3. The fourth-order valence-corrected chi connectivity index (χ4v) is 7.51. The number of ether oxygens (including phenoxy) is 1. The molecule has 0 saturated heterocycles. The topological polar surface area (TPSA) is 95.9 Å². The predicted octanol–water partition coefficient (Wildman–Crippen LogP) is 14.2. The van der Waals surface area contributed by atoms with E-state index in [0.29, 0.717) is 25.9 Å². The standard InChI is InChI=1S/C49H95NO5/c1-3-5-7-9-11-13-15-17-19-21-23-27-31-35-39-43-49(54)55-44-40-36-32-28-24-26-30-34-38-42-48(53)50-46(45-51)47(52)41-37-33-29-25-22-20-18-16-14-12-10-8-6-4-2/h17,19,46-47,51-52H,3-16,18,20-45H2,1-2H3,(H,50,53)/b19-17-.